The van der Waals surface area contributed by atoms with Crippen LogP contribution >= 0.6 is 7.82 Å². The fraction of sp³-hybridized carbons (Fsp3) is 0.950. The van der Waals surface area contributed by atoms with Crippen molar-refractivity contribution < 1.29 is 46.4 Å². The number of halogens is 1. The van der Waals surface area contributed by atoms with Gasteiger partial charge in [0, 0.05) is 12.8 Å². The van der Waals surface area contributed by atoms with Crippen molar-refractivity contribution in [1.82, 2.24) is 0 Å². The van der Waals surface area contributed by atoms with E-state index in [1.807, 2.05) is 21.1 Å². The number of unbranched alkanes of at least 4 members (excludes halogenated alkanes) is 24. The number of hydrogen-bond acceptors (Lipinski definition) is 7. The average Bonchev–Trinajstić information content (AvgIpc) is 3.07. The molecule has 304 valence electrons. The summed E-state index contributed by atoms with van der Waals surface area (Å²) in [7, 11) is 1.45. The summed E-state index contributed by atoms with van der Waals surface area (Å²) in [5.74, 6) is -0.819. The van der Waals surface area contributed by atoms with Gasteiger partial charge in [0.1, 0.15) is 19.8 Å². The number of carbonyl (C=O) groups is 2. The van der Waals surface area contributed by atoms with Crippen LogP contribution in [0.2, 0.25) is 0 Å². The summed E-state index contributed by atoms with van der Waals surface area (Å²) in [6.07, 6.45) is 29.4. The number of phosphoric ester groups is 1. The van der Waals surface area contributed by atoms with Gasteiger partial charge < -0.3 is 18.9 Å². The van der Waals surface area contributed by atoms with Gasteiger partial charge in [0.25, 0.3) is 0 Å². The predicted molar refractivity (Wildman–Crippen MR) is 206 cm³/mol. The second-order valence-corrected chi connectivity index (χ2v) is 16.9. The van der Waals surface area contributed by atoms with E-state index in [9.17, 15) is 23.4 Å². The molecule has 0 aromatic carbocycles. The number of likely N-dealkylation sites (N-methyl/N-ethyl adjacent to an activating group) is 1. The van der Waals surface area contributed by atoms with E-state index in [1.165, 1.54) is 103 Å². The van der Waals surface area contributed by atoms with Crippen molar-refractivity contribution in [1.29, 1.82) is 0 Å². The molecule has 0 saturated heterocycles. The third-order valence-corrected chi connectivity index (χ3v) is 10.2. The Kier molecular flexibility index (Phi) is 34.0. The summed E-state index contributed by atoms with van der Waals surface area (Å²) in [6.45, 7) is 1.94. The van der Waals surface area contributed by atoms with E-state index < -0.39 is 26.5 Å². The molecule has 1 N–H and O–H groups in total. The van der Waals surface area contributed by atoms with E-state index in [1.54, 1.807) is 0 Å². The molecule has 0 fully saturated rings. The van der Waals surface area contributed by atoms with Crippen molar-refractivity contribution in [3.63, 3.8) is 0 Å². The molecule has 0 aliphatic heterocycles. The Bertz CT molecular complexity index is 857. The van der Waals surface area contributed by atoms with Crippen LogP contribution in [0.15, 0.2) is 0 Å². The Hall–Kier alpha value is -1.06. The van der Waals surface area contributed by atoms with E-state index in [4.69, 9.17) is 18.5 Å². The summed E-state index contributed by atoms with van der Waals surface area (Å²) in [4.78, 5) is 35.2. The molecule has 0 heterocycles. The van der Waals surface area contributed by atoms with Crippen molar-refractivity contribution in [2.24, 2.45) is 0 Å². The van der Waals surface area contributed by atoms with E-state index in [-0.39, 0.29) is 38.7 Å². The van der Waals surface area contributed by atoms with Crippen LogP contribution in [-0.2, 0) is 32.7 Å². The number of rotatable bonds is 39. The Balaban J connectivity index is 4.35. The van der Waals surface area contributed by atoms with Crippen molar-refractivity contribution >= 4 is 19.8 Å². The molecule has 0 spiro atoms. The first kappa shape index (κ1) is 49.9. The number of ether oxygens (including phenoxy) is 2. The highest BCUT2D eigenvalue weighted by Crippen LogP contribution is 2.43. The number of carbonyl (C=O) groups excluding carboxylic acids is 2. The summed E-state index contributed by atoms with van der Waals surface area (Å²) in [5, 5.41) is 0. The van der Waals surface area contributed by atoms with Crippen molar-refractivity contribution in [3.05, 3.63) is 0 Å². The van der Waals surface area contributed by atoms with Crippen LogP contribution in [0.5, 0.6) is 0 Å². The molecule has 0 radical (unpaired) electrons. The minimum Gasteiger partial charge on any atom is -0.462 e. The fourth-order valence-electron chi connectivity index (χ4n) is 5.86. The Morgan fingerprint density at radius 1 is 0.588 bits per heavy atom. The third-order valence-electron chi connectivity index (χ3n) is 9.17. The van der Waals surface area contributed by atoms with Crippen LogP contribution in [0.25, 0.3) is 0 Å². The number of hydrogen-bond donors (Lipinski definition) is 1. The predicted octanol–water partition coefficient (Wildman–Crippen LogP) is 11.2. The summed E-state index contributed by atoms with van der Waals surface area (Å²) in [6, 6.07) is 0. The number of quaternary nitrogens is 1. The highest BCUT2D eigenvalue weighted by molar-refractivity contribution is 7.47. The molecule has 0 saturated carbocycles. The summed E-state index contributed by atoms with van der Waals surface area (Å²) in [5.41, 5.74) is 0. The van der Waals surface area contributed by atoms with Gasteiger partial charge >= 0.3 is 19.8 Å². The lowest BCUT2D eigenvalue weighted by molar-refractivity contribution is -0.870. The van der Waals surface area contributed by atoms with Gasteiger partial charge in [0.05, 0.1) is 34.4 Å². The number of phosphoric acid groups is 1. The lowest BCUT2D eigenvalue weighted by Crippen LogP contribution is -2.37. The van der Waals surface area contributed by atoms with E-state index in [0.717, 1.165) is 51.4 Å². The lowest BCUT2D eigenvalue weighted by atomic mass is 10.0. The maximum Gasteiger partial charge on any atom is 0.472 e. The maximum atomic E-state index is 12.6. The normalized spacial score (nSPS) is 13.6. The smallest absolute Gasteiger partial charge is 0.462 e. The summed E-state index contributed by atoms with van der Waals surface area (Å²) < 4.78 is 46.3. The van der Waals surface area contributed by atoms with Crippen molar-refractivity contribution in [2.45, 2.75) is 193 Å². The average molecular weight is 753 g/mol. The second kappa shape index (κ2) is 34.7. The van der Waals surface area contributed by atoms with Gasteiger partial charge in [0.2, 0.25) is 0 Å². The van der Waals surface area contributed by atoms with Crippen LogP contribution in [-0.4, -0.2) is 81.6 Å². The second-order valence-electron chi connectivity index (χ2n) is 15.4. The molecule has 0 aromatic rings. The molecule has 9 nitrogen and oxygen atoms in total. The van der Waals surface area contributed by atoms with Crippen LogP contribution < -0.4 is 0 Å². The largest absolute Gasteiger partial charge is 0.472 e. The molecule has 0 aliphatic carbocycles. The third kappa shape index (κ3) is 38.5. The summed E-state index contributed by atoms with van der Waals surface area (Å²) >= 11 is 0. The molecule has 0 amide bonds. The standard InChI is InChI=1S/C40H79FNO8P/c1-5-6-7-8-9-10-11-13-16-19-22-25-28-31-39(43)47-36-38(37-49-51(45,46)48-35-34-42(2,3)4)50-40(44)32-29-26-23-20-17-14-12-15-18-21-24-27-30-33-41/h38H,5-37H2,1-4H3/p+1/t38-/m1/s1. The molecule has 0 aliphatic rings. The minimum absolute atomic E-state index is 0.0263. The van der Waals surface area contributed by atoms with Gasteiger partial charge in [-0.05, 0) is 19.3 Å². The molecule has 2 atom stereocenters. The Morgan fingerprint density at radius 3 is 1.39 bits per heavy atom. The zero-order valence-corrected chi connectivity index (χ0v) is 34.4. The van der Waals surface area contributed by atoms with Gasteiger partial charge in [-0.25, -0.2) is 4.57 Å². The highest BCUT2D eigenvalue weighted by Gasteiger charge is 2.27. The van der Waals surface area contributed by atoms with Gasteiger partial charge in [-0.15, -0.1) is 0 Å². The zero-order valence-electron chi connectivity index (χ0n) is 33.5. The Labute approximate surface area is 312 Å². The van der Waals surface area contributed by atoms with E-state index in [2.05, 4.69) is 6.92 Å². The van der Waals surface area contributed by atoms with Gasteiger partial charge in [-0.1, -0.05) is 155 Å². The monoisotopic (exact) mass is 753 g/mol. The van der Waals surface area contributed by atoms with Crippen LogP contribution in [0.1, 0.15) is 187 Å². The molecule has 0 rings (SSSR count). The first-order valence-electron chi connectivity index (χ1n) is 20.8. The molecule has 11 heteroatoms. The molecular weight excluding hydrogens is 672 g/mol. The SMILES string of the molecule is CCCCCCCCCCCCCCCC(=O)OC[C@H](COP(=O)(O)OCC[N+](C)(C)C)OC(=O)CCCCCCCCCCCCCCCF. The van der Waals surface area contributed by atoms with Gasteiger partial charge in [0.15, 0.2) is 6.10 Å². The first-order chi connectivity index (χ1) is 24.5. The van der Waals surface area contributed by atoms with Crippen molar-refractivity contribution in [3.8, 4) is 0 Å². The van der Waals surface area contributed by atoms with Gasteiger partial charge in [-0.2, -0.15) is 0 Å². The first-order valence-corrected chi connectivity index (χ1v) is 22.3. The number of nitrogens with zero attached hydrogens (tertiary/aromatic N) is 1. The van der Waals surface area contributed by atoms with Crippen LogP contribution in [0.3, 0.4) is 0 Å². The molecular formula is C40H80FNO8P+. The number of alkyl halides is 1. The fourth-order valence-corrected chi connectivity index (χ4v) is 6.60. The molecule has 51 heavy (non-hydrogen) atoms. The molecule has 1 unspecified atom stereocenters. The quantitative estimate of drug-likeness (QED) is 0.0286. The van der Waals surface area contributed by atoms with Gasteiger partial charge in [-0.3, -0.25) is 23.0 Å². The molecule has 0 aromatic heterocycles. The Morgan fingerprint density at radius 2 is 0.980 bits per heavy atom. The topological polar surface area (TPSA) is 108 Å². The van der Waals surface area contributed by atoms with Crippen LogP contribution in [0.4, 0.5) is 4.39 Å². The van der Waals surface area contributed by atoms with Crippen molar-refractivity contribution in [2.75, 3.05) is 54.2 Å². The lowest BCUT2D eigenvalue weighted by Gasteiger charge is -2.24. The van der Waals surface area contributed by atoms with E-state index in [0.29, 0.717) is 23.9 Å². The van der Waals surface area contributed by atoms with E-state index >= 15 is 0 Å². The maximum absolute atomic E-state index is 12.6. The number of esters is 2. The minimum atomic E-state index is -4.37. The van der Waals surface area contributed by atoms with Crippen LogP contribution in [0, 0.1) is 0 Å². The zero-order chi connectivity index (χ0) is 37.9. The highest BCUT2D eigenvalue weighted by atomic mass is 31.2. The molecule has 0 bridgehead atoms.